The smallest absolute Gasteiger partial charge is 0.297 e. The summed E-state index contributed by atoms with van der Waals surface area (Å²) in [5, 5.41) is 19.2. The minimum atomic E-state index is -0.631. The molecule has 1 heterocycles. The van der Waals surface area contributed by atoms with Crippen LogP contribution in [0.25, 0.3) is 0 Å². The summed E-state index contributed by atoms with van der Waals surface area (Å²) in [4.78, 5) is 11.2. The largest absolute Gasteiger partial charge is 0.343 e. The van der Waals surface area contributed by atoms with E-state index in [0.29, 0.717) is 10.9 Å². The van der Waals surface area contributed by atoms with Crippen LogP contribution in [0.2, 0.25) is 0 Å². The summed E-state index contributed by atoms with van der Waals surface area (Å²) in [5.41, 5.74) is -0.878. The van der Waals surface area contributed by atoms with E-state index in [0.717, 1.165) is 0 Å². The fourth-order valence-corrected chi connectivity index (χ4v) is 2.37. The van der Waals surface area contributed by atoms with Gasteiger partial charge >= 0.3 is 5.69 Å². The second-order valence-corrected chi connectivity index (χ2v) is 5.34. The van der Waals surface area contributed by atoms with E-state index < -0.39 is 5.54 Å². The molecule has 0 fully saturated rings. The van der Waals surface area contributed by atoms with E-state index in [-0.39, 0.29) is 11.7 Å². The molecule has 0 saturated heterocycles. The Morgan fingerprint density at radius 3 is 2.76 bits per heavy atom. The van der Waals surface area contributed by atoms with Gasteiger partial charge in [-0.1, -0.05) is 11.8 Å². The third-order valence-electron chi connectivity index (χ3n) is 2.18. The van der Waals surface area contributed by atoms with Gasteiger partial charge in [-0.15, -0.1) is 5.10 Å². The zero-order chi connectivity index (χ0) is 13.1. The lowest BCUT2D eigenvalue weighted by Gasteiger charge is -2.25. The van der Waals surface area contributed by atoms with Gasteiger partial charge < -0.3 is 0 Å². The number of aromatic nitrogens is 3. The summed E-state index contributed by atoms with van der Waals surface area (Å²) in [5.74, 6) is 0.528. The Morgan fingerprint density at radius 2 is 2.35 bits per heavy atom. The van der Waals surface area contributed by atoms with Gasteiger partial charge in [0.2, 0.25) is 0 Å². The topological polar surface area (TPSA) is 86.5 Å². The van der Waals surface area contributed by atoms with Crippen molar-refractivity contribution in [3.63, 3.8) is 0 Å². The Hall–Kier alpha value is -1.26. The van der Waals surface area contributed by atoms with Gasteiger partial charge in [-0.25, -0.2) is 9.89 Å². The van der Waals surface area contributed by atoms with Gasteiger partial charge in [0, 0.05) is 18.8 Å². The quantitative estimate of drug-likeness (QED) is 0.747. The van der Waals surface area contributed by atoms with Gasteiger partial charge in [0.15, 0.2) is 5.16 Å². The molecule has 1 atom stereocenters. The lowest BCUT2D eigenvalue weighted by molar-refractivity contribution is 0.443. The van der Waals surface area contributed by atoms with Crippen LogP contribution in [0.5, 0.6) is 0 Å². The Balaban J connectivity index is 2.69. The third kappa shape index (κ3) is 3.61. The van der Waals surface area contributed by atoms with E-state index >= 15 is 0 Å². The number of aromatic amines is 1. The fraction of sp³-hybridized carbons (Fsp3) is 0.700. The van der Waals surface area contributed by atoms with Gasteiger partial charge in [0.1, 0.15) is 5.54 Å². The molecular formula is C10H17N5OS. The molecule has 0 aliphatic carbocycles. The molecule has 0 amide bonds. The lowest BCUT2D eigenvalue weighted by atomic mass is 10.1. The van der Waals surface area contributed by atoms with Crippen molar-refractivity contribution in [2.45, 2.75) is 37.5 Å². The Kier molecular flexibility index (Phi) is 4.37. The first-order chi connectivity index (χ1) is 7.88. The predicted octanol–water partition coefficient (Wildman–Crippen LogP) is 0.481. The molecule has 2 N–H and O–H groups in total. The van der Waals surface area contributed by atoms with Crippen LogP contribution in [0.15, 0.2) is 9.95 Å². The molecule has 0 aliphatic heterocycles. The number of rotatable bonds is 5. The minimum absolute atomic E-state index is 0.225. The van der Waals surface area contributed by atoms with Gasteiger partial charge in [0.25, 0.3) is 0 Å². The molecular weight excluding hydrogens is 238 g/mol. The molecule has 0 bridgehead atoms. The van der Waals surface area contributed by atoms with E-state index in [9.17, 15) is 4.79 Å². The van der Waals surface area contributed by atoms with E-state index in [1.165, 1.54) is 16.3 Å². The number of nitriles is 1. The summed E-state index contributed by atoms with van der Waals surface area (Å²) in [6.07, 6.45) is 0. The average molecular weight is 255 g/mol. The standard InChI is InChI=1S/C10H17N5OS/c1-7(2)12-10(3,5-11)6-17-9-14-13-8(16)15(9)4/h7,12H,6H2,1-4H3,(H,13,16). The maximum absolute atomic E-state index is 11.2. The molecule has 94 valence electrons. The highest BCUT2D eigenvalue weighted by molar-refractivity contribution is 7.99. The van der Waals surface area contributed by atoms with Crippen LogP contribution in [-0.4, -0.2) is 32.1 Å². The van der Waals surface area contributed by atoms with Crippen LogP contribution >= 0.6 is 11.8 Å². The highest BCUT2D eigenvalue weighted by Crippen LogP contribution is 2.19. The number of thioether (sulfide) groups is 1. The number of hydrogen-bond donors (Lipinski definition) is 2. The molecule has 0 saturated carbocycles. The SMILES string of the molecule is CC(C)NC(C)(C#N)CSc1n[nH]c(=O)n1C. The molecule has 0 aromatic carbocycles. The summed E-state index contributed by atoms with van der Waals surface area (Å²) in [7, 11) is 1.65. The van der Waals surface area contributed by atoms with Crippen molar-refractivity contribution in [1.29, 1.82) is 5.26 Å². The van der Waals surface area contributed by atoms with Gasteiger partial charge in [0.05, 0.1) is 6.07 Å². The first-order valence-electron chi connectivity index (χ1n) is 5.31. The number of hydrogen-bond acceptors (Lipinski definition) is 5. The van der Waals surface area contributed by atoms with Gasteiger partial charge in [-0.2, -0.15) is 5.26 Å². The van der Waals surface area contributed by atoms with E-state index in [1.807, 2.05) is 20.8 Å². The molecule has 1 aromatic heterocycles. The first kappa shape index (κ1) is 13.8. The highest BCUT2D eigenvalue weighted by atomic mass is 32.2. The van der Waals surface area contributed by atoms with Crippen molar-refractivity contribution in [1.82, 2.24) is 20.1 Å². The zero-order valence-corrected chi connectivity index (χ0v) is 11.3. The monoisotopic (exact) mass is 255 g/mol. The summed E-state index contributed by atoms with van der Waals surface area (Å²) < 4.78 is 1.43. The molecule has 0 radical (unpaired) electrons. The third-order valence-corrected chi connectivity index (χ3v) is 3.53. The van der Waals surface area contributed by atoms with E-state index in [1.54, 1.807) is 7.05 Å². The number of nitrogens with zero attached hydrogens (tertiary/aromatic N) is 3. The van der Waals surface area contributed by atoms with Crippen molar-refractivity contribution >= 4 is 11.8 Å². The average Bonchev–Trinajstić information content (AvgIpc) is 2.56. The maximum Gasteiger partial charge on any atom is 0.343 e. The van der Waals surface area contributed by atoms with E-state index in [2.05, 4.69) is 21.6 Å². The van der Waals surface area contributed by atoms with Crippen LogP contribution in [-0.2, 0) is 7.05 Å². The molecule has 0 aliphatic rings. The Labute approximate surface area is 104 Å². The maximum atomic E-state index is 11.2. The summed E-state index contributed by atoms with van der Waals surface area (Å²) in [6, 6.07) is 2.47. The lowest BCUT2D eigenvalue weighted by Crippen LogP contribution is -2.47. The summed E-state index contributed by atoms with van der Waals surface area (Å²) >= 11 is 1.38. The predicted molar refractivity (Wildman–Crippen MR) is 66.8 cm³/mol. The van der Waals surface area contributed by atoms with Gasteiger partial charge in [-0.05, 0) is 20.8 Å². The van der Waals surface area contributed by atoms with Crippen molar-refractivity contribution in [3.05, 3.63) is 10.5 Å². The van der Waals surface area contributed by atoms with Crippen molar-refractivity contribution < 1.29 is 0 Å². The van der Waals surface area contributed by atoms with Crippen molar-refractivity contribution in [2.24, 2.45) is 7.05 Å². The fourth-order valence-electron chi connectivity index (χ4n) is 1.41. The van der Waals surface area contributed by atoms with Crippen LogP contribution in [0.3, 0.4) is 0 Å². The first-order valence-corrected chi connectivity index (χ1v) is 6.29. The molecule has 1 aromatic rings. The van der Waals surface area contributed by atoms with Crippen molar-refractivity contribution in [2.75, 3.05) is 5.75 Å². The van der Waals surface area contributed by atoms with Crippen LogP contribution in [0.1, 0.15) is 20.8 Å². The normalized spacial score (nSPS) is 14.6. The number of H-pyrrole nitrogens is 1. The van der Waals surface area contributed by atoms with E-state index in [4.69, 9.17) is 5.26 Å². The van der Waals surface area contributed by atoms with Crippen LogP contribution in [0.4, 0.5) is 0 Å². The molecule has 7 heteroatoms. The molecule has 0 spiro atoms. The van der Waals surface area contributed by atoms with Crippen LogP contribution < -0.4 is 11.0 Å². The van der Waals surface area contributed by atoms with Crippen molar-refractivity contribution in [3.8, 4) is 6.07 Å². The summed E-state index contributed by atoms with van der Waals surface area (Å²) in [6.45, 7) is 5.82. The minimum Gasteiger partial charge on any atom is -0.297 e. The van der Waals surface area contributed by atoms with Gasteiger partial charge in [-0.3, -0.25) is 9.88 Å². The van der Waals surface area contributed by atoms with Crippen LogP contribution in [0, 0.1) is 11.3 Å². The second-order valence-electron chi connectivity index (χ2n) is 4.40. The molecule has 17 heavy (non-hydrogen) atoms. The Morgan fingerprint density at radius 1 is 1.71 bits per heavy atom. The number of nitrogens with one attached hydrogen (secondary N) is 2. The second kappa shape index (κ2) is 5.38. The molecule has 1 rings (SSSR count). The highest BCUT2D eigenvalue weighted by Gasteiger charge is 2.25. The Bertz CT molecular complexity index is 472. The zero-order valence-electron chi connectivity index (χ0n) is 10.4. The molecule has 6 nitrogen and oxygen atoms in total. The molecule has 1 unspecified atom stereocenters.